The van der Waals surface area contributed by atoms with Gasteiger partial charge in [0.1, 0.15) is 0 Å². The molecule has 0 N–H and O–H groups in total. The first-order chi connectivity index (χ1) is 14.1. The van der Waals surface area contributed by atoms with Gasteiger partial charge in [0.2, 0.25) is 17.7 Å². The monoisotopic (exact) mass is 426 g/mol. The highest BCUT2D eigenvalue weighted by Gasteiger charge is 2.54. The van der Waals surface area contributed by atoms with E-state index in [4.69, 9.17) is 4.74 Å². The first-order valence-corrected chi connectivity index (χ1v) is 9.95. The molecule has 1 atom stereocenters. The highest BCUT2D eigenvalue weighted by molar-refractivity contribution is 6.10. The van der Waals surface area contributed by atoms with E-state index in [1.807, 2.05) is 0 Å². The fourth-order valence-corrected chi connectivity index (χ4v) is 4.29. The largest absolute Gasteiger partial charge is 0.416 e. The van der Waals surface area contributed by atoms with Gasteiger partial charge in [0.05, 0.1) is 17.1 Å². The van der Waals surface area contributed by atoms with E-state index >= 15 is 0 Å². The molecular weight excluding hydrogens is 401 g/mol. The van der Waals surface area contributed by atoms with Gasteiger partial charge in [-0.1, -0.05) is 18.2 Å². The summed E-state index contributed by atoms with van der Waals surface area (Å²) in [4.78, 5) is 41.3. The predicted octanol–water partition coefficient (Wildman–Crippen LogP) is 2.75. The van der Waals surface area contributed by atoms with Crippen molar-refractivity contribution in [3.05, 3.63) is 35.4 Å². The zero-order valence-electron chi connectivity index (χ0n) is 17.0. The zero-order chi connectivity index (χ0) is 22.1. The lowest BCUT2D eigenvalue weighted by molar-refractivity contribution is -0.143. The number of carbonyl (C=O) groups is 3. The van der Waals surface area contributed by atoms with E-state index in [1.54, 1.807) is 18.9 Å². The molecule has 2 aliphatic rings. The Kier molecular flexibility index (Phi) is 6.21. The quantitative estimate of drug-likeness (QED) is 0.679. The fraction of sp³-hybridized carbons (Fsp3) is 0.571. The molecule has 0 aromatic heterocycles. The van der Waals surface area contributed by atoms with Crippen molar-refractivity contribution in [2.45, 2.75) is 50.3 Å². The van der Waals surface area contributed by atoms with Gasteiger partial charge < -0.3 is 9.64 Å². The van der Waals surface area contributed by atoms with E-state index < -0.39 is 29.0 Å². The van der Waals surface area contributed by atoms with Crippen molar-refractivity contribution in [3.8, 4) is 0 Å². The molecule has 0 spiro atoms. The van der Waals surface area contributed by atoms with Crippen molar-refractivity contribution >= 4 is 17.7 Å². The lowest BCUT2D eigenvalue weighted by Crippen LogP contribution is -2.46. The number of alkyl halides is 3. The second-order valence-electron chi connectivity index (χ2n) is 7.77. The third-order valence-electron chi connectivity index (χ3n) is 6.05. The Hall–Kier alpha value is -2.42. The molecule has 2 saturated heterocycles. The molecule has 0 radical (unpaired) electrons. The fourth-order valence-electron chi connectivity index (χ4n) is 4.29. The molecule has 6 nitrogen and oxygen atoms in total. The number of likely N-dealkylation sites (N-methyl/N-ethyl adjacent to an activating group) is 1. The molecule has 2 heterocycles. The molecule has 0 aliphatic carbocycles. The van der Waals surface area contributed by atoms with Gasteiger partial charge in [-0.25, -0.2) is 0 Å². The Labute approximate surface area is 173 Å². The number of nitrogens with zero attached hydrogens (tertiary/aromatic N) is 2. The molecule has 30 heavy (non-hydrogen) atoms. The Balaban J connectivity index is 1.95. The molecule has 9 heteroatoms. The number of methoxy groups -OCH3 is 1. The van der Waals surface area contributed by atoms with E-state index in [0.717, 1.165) is 17.0 Å². The number of amides is 3. The van der Waals surface area contributed by atoms with Gasteiger partial charge in [0.15, 0.2) is 0 Å². The third-order valence-corrected chi connectivity index (χ3v) is 6.05. The molecule has 0 saturated carbocycles. The number of ether oxygens (including phenoxy) is 1. The van der Waals surface area contributed by atoms with Gasteiger partial charge in [-0.15, -0.1) is 0 Å². The number of carbonyl (C=O) groups excluding carboxylic acids is 3. The summed E-state index contributed by atoms with van der Waals surface area (Å²) in [6, 6.07) is 4.40. The smallest absolute Gasteiger partial charge is 0.381 e. The molecule has 0 bridgehead atoms. The maximum absolute atomic E-state index is 13.3. The zero-order valence-corrected chi connectivity index (χ0v) is 17.0. The molecule has 3 amide bonds. The predicted molar refractivity (Wildman–Crippen MR) is 101 cm³/mol. The average Bonchev–Trinajstić information content (AvgIpc) is 2.97. The summed E-state index contributed by atoms with van der Waals surface area (Å²) in [6.45, 7) is 2.60. The number of halogens is 3. The van der Waals surface area contributed by atoms with Crippen LogP contribution in [0.4, 0.5) is 13.2 Å². The van der Waals surface area contributed by atoms with Crippen molar-refractivity contribution < 1.29 is 32.3 Å². The van der Waals surface area contributed by atoms with Crippen LogP contribution in [0.2, 0.25) is 0 Å². The number of hydrogen-bond acceptors (Lipinski definition) is 4. The van der Waals surface area contributed by atoms with Crippen LogP contribution in [0, 0.1) is 0 Å². The third kappa shape index (κ3) is 4.08. The van der Waals surface area contributed by atoms with Crippen molar-refractivity contribution in [1.82, 2.24) is 9.80 Å². The van der Waals surface area contributed by atoms with Crippen LogP contribution in [-0.2, 0) is 30.7 Å². The maximum atomic E-state index is 13.3. The van der Waals surface area contributed by atoms with Gasteiger partial charge >= 0.3 is 6.18 Å². The SMILES string of the molecule is CCN1C(=O)CC(CC(=O)N2CCC(OC)CC2)(c2cccc(C(F)(F)F)c2)C1=O. The minimum Gasteiger partial charge on any atom is -0.381 e. The lowest BCUT2D eigenvalue weighted by atomic mass is 9.75. The Bertz CT molecular complexity index is 834. The van der Waals surface area contributed by atoms with Crippen LogP contribution >= 0.6 is 0 Å². The van der Waals surface area contributed by atoms with Crippen molar-refractivity contribution in [2.75, 3.05) is 26.7 Å². The molecule has 3 rings (SSSR count). The first-order valence-electron chi connectivity index (χ1n) is 9.95. The summed E-state index contributed by atoms with van der Waals surface area (Å²) in [7, 11) is 1.60. The second kappa shape index (κ2) is 8.37. The minimum atomic E-state index is -4.60. The molecule has 2 aliphatic heterocycles. The van der Waals surface area contributed by atoms with Crippen LogP contribution in [0.15, 0.2) is 24.3 Å². The summed E-state index contributed by atoms with van der Waals surface area (Å²) >= 11 is 0. The number of imide groups is 1. The Morgan fingerprint density at radius 3 is 2.43 bits per heavy atom. The van der Waals surface area contributed by atoms with Crippen molar-refractivity contribution in [1.29, 1.82) is 0 Å². The summed E-state index contributed by atoms with van der Waals surface area (Å²) in [5.74, 6) is -1.44. The standard InChI is InChI=1S/C21H25F3N2O4/c1-3-26-18(28)13-20(19(26)29,14-5-4-6-15(11-14)21(22,23)24)12-17(27)25-9-7-16(30-2)8-10-25/h4-6,11,16H,3,7-10,12-13H2,1-2H3. The van der Waals surface area contributed by atoms with E-state index in [2.05, 4.69) is 0 Å². The van der Waals surface area contributed by atoms with E-state index in [1.165, 1.54) is 12.1 Å². The lowest BCUT2D eigenvalue weighted by Gasteiger charge is -2.34. The molecule has 164 valence electrons. The number of benzene rings is 1. The highest BCUT2D eigenvalue weighted by atomic mass is 19.4. The van der Waals surface area contributed by atoms with Crippen molar-refractivity contribution in [2.24, 2.45) is 0 Å². The molecule has 1 aromatic rings. The summed E-state index contributed by atoms with van der Waals surface area (Å²) in [5.41, 5.74) is -2.49. The van der Waals surface area contributed by atoms with E-state index in [9.17, 15) is 27.6 Å². The Morgan fingerprint density at radius 2 is 1.90 bits per heavy atom. The van der Waals surface area contributed by atoms with Crippen LogP contribution in [0.1, 0.15) is 43.7 Å². The summed E-state index contributed by atoms with van der Waals surface area (Å²) in [6.07, 6.45) is -3.91. The molecule has 1 aromatic carbocycles. The van der Waals surface area contributed by atoms with Gasteiger partial charge in [-0.2, -0.15) is 13.2 Å². The van der Waals surface area contributed by atoms with Crippen LogP contribution in [0.5, 0.6) is 0 Å². The number of hydrogen-bond donors (Lipinski definition) is 0. The maximum Gasteiger partial charge on any atom is 0.416 e. The van der Waals surface area contributed by atoms with Gasteiger partial charge in [-0.3, -0.25) is 19.3 Å². The number of piperidine rings is 1. The van der Waals surface area contributed by atoms with Crippen LogP contribution < -0.4 is 0 Å². The first kappa shape index (κ1) is 22.3. The summed E-state index contributed by atoms with van der Waals surface area (Å²) < 4.78 is 45.1. The summed E-state index contributed by atoms with van der Waals surface area (Å²) in [5, 5.41) is 0. The number of likely N-dealkylation sites (tertiary alicyclic amines) is 2. The topological polar surface area (TPSA) is 66.9 Å². The molecular formula is C21H25F3N2O4. The van der Waals surface area contributed by atoms with E-state index in [-0.39, 0.29) is 37.0 Å². The van der Waals surface area contributed by atoms with Crippen LogP contribution in [0.3, 0.4) is 0 Å². The van der Waals surface area contributed by atoms with Gasteiger partial charge in [-0.05, 0) is 31.4 Å². The van der Waals surface area contributed by atoms with Crippen molar-refractivity contribution in [3.63, 3.8) is 0 Å². The highest BCUT2D eigenvalue weighted by Crippen LogP contribution is 2.42. The van der Waals surface area contributed by atoms with Gasteiger partial charge in [0.25, 0.3) is 0 Å². The second-order valence-corrected chi connectivity index (χ2v) is 7.77. The van der Waals surface area contributed by atoms with Gasteiger partial charge in [0, 0.05) is 39.6 Å². The Morgan fingerprint density at radius 1 is 1.23 bits per heavy atom. The average molecular weight is 426 g/mol. The molecule has 2 fully saturated rings. The number of rotatable bonds is 5. The normalized spacial score (nSPS) is 23.4. The van der Waals surface area contributed by atoms with E-state index in [0.29, 0.717) is 25.9 Å². The molecule has 1 unspecified atom stereocenters. The minimum absolute atomic E-state index is 0.0479. The van der Waals surface area contributed by atoms with Crippen LogP contribution in [0.25, 0.3) is 0 Å². The van der Waals surface area contributed by atoms with Crippen LogP contribution in [-0.4, -0.2) is 60.4 Å².